The molecule has 0 aliphatic carbocycles. The van der Waals surface area contributed by atoms with Gasteiger partial charge in [0, 0.05) is 26.2 Å². The highest BCUT2D eigenvalue weighted by Crippen LogP contribution is 2.29. The van der Waals surface area contributed by atoms with Crippen LogP contribution in [0.1, 0.15) is 5.56 Å². The minimum atomic E-state index is -3.54. The highest BCUT2D eigenvalue weighted by atomic mass is 32.2. The van der Waals surface area contributed by atoms with Crippen molar-refractivity contribution in [3.8, 4) is 6.07 Å². The lowest BCUT2D eigenvalue weighted by Crippen LogP contribution is -2.48. The van der Waals surface area contributed by atoms with E-state index in [4.69, 9.17) is 5.26 Å². The van der Waals surface area contributed by atoms with Gasteiger partial charge in [0.25, 0.3) is 0 Å². The molecule has 8 heteroatoms. The quantitative estimate of drug-likeness (QED) is 0.694. The maximum Gasteiger partial charge on any atom is 0.243 e. The van der Waals surface area contributed by atoms with E-state index in [0.717, 1.165) is 15.3 Å². The summed E-state index contributed by atoms with van der Waals surface area (Å²) in [5.74, 6) is 0. The van der Waals surface area contributed by atoms with Gasteiger partial charge in [-0.3, -0.25) is 0 Å². The van der Waals surface area contributed by atoms with Crippen LogP contribution in [0.2, 0.25) is 0 Å². The second-order valence-electron chi connectivity index (χ2n) is 5.99. The van der Waals surface area contributed by atoms with Crippen molar-refractivity contribution in [3.63, 3.8) is 0 Å². The number of nitrogens with zero attached hydrogens (tertiary/aromatic N) is 4. The van der Waals surface area contributed by atoms with Crippen molar-refractivity contribution in [1.82, 2.24) is 9.29 Å². The van der Waals surface area contributed by atoms with E-state index < -0.39 is 10.0 Å². The molecule has 0 atom stereocenters. The van der Waals surface area contributed by atoms with Gasteiger partial charge in [0.05, 0.1) is 26.7 Å². The Morgan fingerprint density at radius 3 is 2.35 bits per heavy atom. The lowest BCUT2D eigenvalue weighted by atomic mass is 10.2. The SMILES string of the molecule is N#Cc1ccc(S(=O)(=O)N2CCN(c3nc4ccccc4s3)CC2)cc1. The standard InChI is InChI=1S/C18H16N4O2S2/c19-13-14-5-7-15(8-6-14)26(23,24)22-11-9-21(10-12-22)18-20-16-3-1-2-4-17(16)25-18/h1-8H,9-12H2. The minimum absolute atomic E-state index is 0.227. The van der Waals surface area contributed by atoms with Crippen LogP contribution in [0.4, 0.5) is 5.13 Å². The lowest BCUT2D eigenvalue weighted by molar-refractivity contribution is 0.385. The molecular formula is C18H16N4O2S2. The van der Waals surface area contributed by atoms with Crippen molar-refractivity contribution < 1.29 is 8.42 Å². The maximum atomic E-state index is 12.8. The van der Waals surface area contributed by atoms with Crippen LogP contribution in [0.15, 0.2) is 53.4 Å². The van der Waals surface area contributed by atoms with E-state index in [1.54, 1.807) is 11.3 Å². The summed E-state index contributed by atoms with van der Waals surface area (Å²) in [7, 11) is -3.54. The van der Waals surface area contributed by atoms with Crippen LogP contribution in [0.25, 0.3) is 10.2 Å². The van der Waals surface area contributed by atoms with Crippen molar-refractivity contribution in [1.29, 1.82) is 5.26 Å². The fraction of sp³-hybridized carbons (Fsp3) is 0.222. The van der Waals surface area contributed by atoms with Gasteiger partial charge in [-0.2, -0.15) is 9.57 Å². The summed E-state index contributed by atoms with van der Waals surface area (Å²) >= 11 is 1.63. The van der Waals surface area contributed by atoms with E-state index in [1.807, 2.05) is 30.3 Å². The molecule has 3 aromatic rings. The summed E-state index contributed by atoms with van der Waals surface area (Å²) in [6.45, 7) is 2.04. The summed E-state index contributed by atoms with van der Waals surface area (Å²) < 4.78 is 28.2. The maximum absolute atomic E-state index is 12.8. The zero-order chi connectivity index (χ0) is 18.1. The Morgan fingerprint density at radius 2 is 1.69 bits per heavy atom. The lowest BCUT2D eigenvalue weighted by Gasteiger charge is -2.33. The fourth-order valence-electron chi connectivity index (χ4n) is 2.97. The van der Waals surface area contributed by atoms with Gasteiger partial charge in [-0.15, -0.1) is 0 Å². The molecule has 6 nitrogen and oxygen atoms in total. The molecule has 26 heavy (non-hydrogen) atoms. The zero-order valence-corrected chi connectivity index (χ0v) is 15.5. The Kier molecular flexibility index (Phi) is 4.36. The van der Waals surface area contributed by atoms with Gasteiger partial charge in [-0.05, 0) is 36.4 Å². The van der Waals surface area contributed by atoms with E-state index in [9.17, 15) is 8.42 Å². The molecule has 0 saturated carbocycles. The van der Waals surface area contributed by atoms with E-state index in [-0.39, 0.29) is 4.90 Å². The van der Waals surface area contributed by atoms with Crippen molar-refractivity contribution in [2.24, 2.45) is 0 Å². The van der Waals surface area contributed by atoms with Crippen molar-refractivity contribution in [3.05, 3.63) is 54.1 Å². The number of hydrogen-bond acceptors (Lipinski definition) is 6. The van der Waals surface area contributed by atoms with Crippen LogP contribution >= 0.6 is 11.3 Å². The summed E-state index contributed by atoms with van der Waals surface area (Å²) in [6, 6.07) is 16.0. The summed E-state index contributed by atoms with van der Waals surface area (Å²) in [5.41, 5.74) is 1.42. The molecule has 0 bridgehead atoms. The molecule has 1 aliphatic rings. The number of rotatable bonds is 3. The van der Waals surface area contributed by atoms with E-state index in [0.29, 0.717) is 31.7 Å². The average molecular weight is 384 g/mol. The average Bonchev–Trinajstić information content (AvgIpc) is 3.12. The topological polar surface area (TPSA) is 77.3 Å². The normalized spacial score (nSPS) is 15.9. The Morgan fingerprint density at radius 1 is 1.00 bits per heavy atom. The first-order chi connectivity index (χ1) is 12.6. The predicted octanol–water partition coefficient (Wildman–Crippen LogP) is 2.68. The molecule has 2 aromatic carbocycles. The van der Waals surface area contributed by atoms with E-state index >= 15 is 0 Å². The fourth-order valence-corrected chi connectivity index (χ4v) is 5.40. The molecule has 132 valence electrons. The van der Waals surface area contributed by atoms with Crippen LogP contribution in [-0.4, -0.2) is 43.9 Å². The number of benzene rings is 2. The van der Waals surface area contributed by atoms with Crippen LogP contribution in [-0.2, 0) is 10.0 Å². The third-order valence-electron chi connectivity index (χ3n) is 4.41. The molecule has 1 fully saturated rings. The number of thiazole rings is 1. The first-order valence-corrected chi connectivity index (χ1v) is 10.4. The Bertz CT molecular complexity index is 1040. The Labute approximate surface area is 156 Å². The molecule has 0 unspecified atom stereocenters. The number of para-hydroxylation sites is 1. The van der Waals surface area contributed by atoms with Crippen molar-refractivity contribution in [2.75, 3.05) is 31.1 Å². The summed E-state index contributed by atoms with van der Waals surface area (Å²) in [4.78, 5) is 7.01. The van der Waals surface area contributed by atoms with Crippen LogP contribution in [0.3, 0.4) is 0 Å². The number of nitriles is 1. The van der Waals surface area contributed by atoms with Gasteiger partial charge in [-0.1, -0.05) is 23.5 Å². The molecule has 0 radical (unpaired) electrons. The third-order valence-corrected chi connectivity index (χ3v) is 7.42. The monoisotopic (exact) mass is 384 g/mol. The molecule has 1 aliphatic heterocycles. The van der Waals surface area contributed by atoms with Gasteiger partial charge >= 0.3 is 0 Å². The largest absolute Gasteiger partial charge is 0.345 e. The highest BCUT2D eigenvalue weighted by Gasteiger charge is 2.29. The first kappa shape index (κ1) is 17.0. The molecule has 1 aromatic heterocycles. The predicted molar refractivity (Wildman–Crippen MR) is 102 cm³/mol. The summed E-state index contributed by atoms with van der Waals surface area (Å²) in [6.07, 6.45) is 0. The second-order valence-corrected chi connectivity index (χ2v) is 8.94. The van der Waals surface area contributed by atoms with Gasteiger partial charge < -0.3 is 4.90 Å². The third kappa shape index (κ3) is 3.05. The number of aromatic nitrogens is 1. The first-order valence-electron chi connectivity index (χ1n) is 8.19. The van der Waals surface area contributed by atoms with Crippen LogP contribution < -0.4 is 4.90 Å². The zero-order valence-electron chi connectivity index (χ0n) is 13.9. The highest BCUT2D eigenvalue weighted by molar-refractivity contribution is 7.89. The summed E-state index contributed by atoms with van der Waals surface area (Å²) in [5, 5.41) is 9.78. The Hall–Kier alpha value is -2.47. The van der Waals surface area contributed by atoms with Crippen LogP contribution in [0.5, 0.6) is 0 Å². The number of hydrogen-bond donors (Lipinski definition) is 0. The molecule has 1 saturated heterocycles. The van der Waals surface area contributed by atoms with E-state index in [2.05, 4.69) is 9.88 Å². The number of piperazine rings is 1. The van der Waals surface area contributed by atoms with Crippen LogP contribution in [0, 0.1) is 11.3 Å². The molecule has 0 amide bonds. The molecule has 0 spiro atoms. The number of anilines is 1. The Balaban J connectivity index is 1.49. The van der Waals surface area contributed by atoms with Gasteiger partial charge in [0.2, 0.25) is 10.0 Å². The van der Waals surface area contributed by atoms with Gasteiger partial charge in [0.1, 0.15) is 0 Å². The molecule has 2 heterocycles. The van der Waals surface area contributed by atoms with Crippen molar-refractivity contribution in [2.45, 2.75) is 4.90 Å². The molecule has 4 rings (SSSR count). The number of fused-ring (bicyclic) bond motifs is 1. The van der Waals surface area contributed by atoms with Crippen molar-refractivity contribution >= 4 is 36.7 Å². The van der Waals surface area contributed by atoms with Gasteiger partial charge in [0.15, 0.2) is 5.13 Å². The minimum Gasteiger partial charge on any atom is -0.345 e. The molecule has 0 N–H and O–H groups in total. The number of sulfonamides is 1. The smallest absolute Gasteiger partial charge is 0.243 e. The molecular weight excluding hydrogens is 368 g/mol. The van der Waals surface area contributed by atoms with Gasteiger partial charge in [-0.25, -0.2) is 13.4 Å². The second kappa shape index (κ2) is 6.68. The van der Waals surface area contributed by atoms with E-state index in [1.165, 1.54) is 28.6 Å².